The molecule has 0 bridgehead atoms. The Bertz CT molecular complexity index is 1070. The van der Waals surface area contributed by atoms with Crippen molar-refractivity contribution in [3.63, 3.8) is 0 Å². The molecule has 1 fully saturated rings. The molecule has 1 aromatic heterocycles. The van der Waals surface area contributed by atoms with Crippen LogP contribution in [-0.4, -0.2) is 54.1 Å². The van der Waals surface area contributed by atoms with Gasteiger partial charge >= 0.3 is 0 Å². The van der Waals surface area contributed by atoms with Gasteiger partial charge in [0.05, 0.1) is 18.2 Å². The number of piperazine rings is 1. The number of hydrogen-bond donors (Lipinski definition) is 1. The molecular weight excluding hydrogens is 412 g/mol. The van der Waals surface area contributed by atoms with Gasteiger partial charge in [-0.3, -0.25) is 4.90 Å². The molecule has 8 heteroatoms. The van der Waals surface area contributed by atoms with Gasteiger partial charge in [-0.05, 0) is 11.1 Å². The number of nitrogen functional groups attached to an aromatic ring is 1. The normalized spacial score (nSPS) is 14.0. The van der Waals surface area contributed by atoms with Crippen molar-refractivity contribution in [1.82, 2.24) is 14.9 Å². The van der Waals surface area contributed by atoms with E-state index < -0.39 is 0 Å². The maximum atomic E-state index is 9.10. The highest BCUT2D eigenvalue weighted by molar-refractivity contribution is 5.76. The van der Waals surface area contributed by atoms with Crippen LogP contribution in [-0.2, 0) is 0 Å². The Morgan fingerprint density at radius 2 is 1.39 bits per heavy atom. The van der Waals surface area contributed by atoms with Crippen molar-refractivity contribution in [2.24, 2.45) is 0 Å². The van der Waals surface area contributed by atoms with Crippen LogP contribution >= 0.6 is 0 Å². The van der Waals surface area contributed by atoms with Crippen LogP contribution in [0, 0.1) is 22.7 Å². The third-order valence-corrected chi connectivity index (χ3v) is 5.87. The van der Waals surface area contributed by atoms with E-state index in [1.807, 2.05) is 12.1 Å². The molecule has 0 radical (unpaired) electrons. The maximum Gasteiger partial charge on any atom is 0.159 e. The molecule has 0 spiro atoms. The van der Waals surface area contributed by atoms with Gasteiger partial charge < -0.3 is 15.5 Å². The summed E-state index contributed by atoms with van der Waals surface area (Å²) in [5.74, 6) is 1.08. The first-order valence-corrected chi connectivity index (χ1v) is 10.9. The van der Waals surface area contributed by atoms with Gasteiger partial charge in [0.25, 0.3) is 0 Å². The smallest absolute Gasteiger partial charge is 0.159 e. The number of nitrogens with zero attached hydrogens (tertiary/aromatic N) is 7. The van der Waals surface area contributed by atoms with Gasteiger partial charge in [0, 0.05) is 26.2 Å². The van der Waals surface area contributed by atoms with E-state index in [2.05, 4.69) is 80.4 Å². The summed E-state index contributed by atoms with van der Waals surface area (Å²) in [6.07, 6.45) is 1.45. The van der Waals surface area contributed by atoms with Crippen molar-refractivity contribution >= 4 is 17.3 Å². The molecule has 1 aliphatic rings. The Kier molecular flexibility index (Phi) is 6.99. The molecule has 166 valence electrons. The SMILES string of the molecule is N#CCN(CC#N)c1ncnc(N2CCN(C(c3ccccc3)c3ccccc3)CC2)c1N. The fourth-order valence-electron chi connectivity index (χ4n) is 4.33. The van der Waals surface area contributed by atoms with Crippen LogP contribution in [0.2, 0.25) is 0 Å². The van der Waals surface area contributed by atoms with Gasteiger partial charge in [-0.1, -0.05) is 60.7 Å². The fraction of sp³-hybridized carbons (Fsp3) is 0.280. The second-order valence-corrected chi connectivity index (χ2v) is 7.85. The van der Waals surface area contributed by atoms with Gasteiger partial charge in [-0.25, -0.2) is 9.97 Å². The Labute approximate surface area is 194 Å². The average Bonchev–Trinajstić information content (AvgIpc) is 2.86. The van der Waals surface area contributed by atoms with Crippen molar-refractivity contribution in [3.8, 4) is 12.1 Å². The molecule has 2 N–H and O–H groups in total. The monoisotopic (exact) mass is 438 g/mol. The highest BCUT2D eigenvalue weighted by Crippen LogP contribution is 2.33. The number of hydrogen-bond acceptors (Lipinski definition) is 8. The number of nitriles is 2. The van der Waals surface area contributed by atoms with E-state index >= 15 is 0 Å². The zero-order chi connectivity index (χ0) is 23.0. The van der Waals surface area contributed by atoms with Gasteiger partial charge in [0.15, 0.2) is 11.6 Å². The second kappa shape index (κ2) is 10.4. The average molecular weight is 439 g/mol. The summed E-state index contributed by atoms with van der Waals surface area (Å²) < 4.78 is 0. The van der Waals surface area contributed by atoms with Crippen molar-refractivity contribution in [2.75, 3.05) is 54.8 Å². The molecule has 33 heavy (non-hydrogen) atoms. The summed E-state index contributed by atoms with van der Waals surface area (Å²) in [6.45, 7) is 3.27. The highest BCUT2D eigenvalue weighted by atomic mass is 15.3. The lowest BCUT2D eigenvalue weighted by Crippen LogP contribution is -2.48. The maximum absolute atomic E-state index is 9.10. The van der Waals surface area contributed by atoms with Gasteiger partial charge in [0.1, 0.15) is 25.1 Å². The predicted molar refractivity (Wildman–Crippen MR) is 128 cm³/mol. The first-order valence-electron chi connectivity index (χ1n) is 10.9. The standard InChI is InChI=1S/C25H26N8/c26-11-13-32(14-12-27)24-22(28)25(30-19-29-24)33-17-15-31(16-18-33)23(20-7-3-1-4-8-20)21-9-5-2-6-10-21/h1-10,19,23H,13-18,28H2. The Morgan fingerprint density at radius 1 is 0.848 bits per heavy atom. The molecule has 0 atom stereocenters. The fourth-order valence-corrected chi connectivity index (χ4v) is 4.33. The molecule has 3 aromatic rings. The van der Waals surface area contributed by atoms with E-state index in [1.165, 1.54) is 17.5 Å². The van der Waals surface area contributed by atoms with Crippen LogP contribution in [0.3, 0.4) is 0 Å². The number of rotatable bonds is 7. The minimum Gasteiger partial charge on any atom is -0.393 e. The number of benzene rings is 2. The van der Waals surface area contributed by atoms with Crippen LogP contribution in [0.15, 0.2) is 67.0 Å². The number of aromatic nitrogens is 2. The van der Waals surface area contributed by atoms with Gasteiger partial charge in [0.2, 0.25) is 0 Å². The highest BCUT2D eigenvalue weighted by Gasteiger charge is 2.28. The first kappa shape index (κ1) is 22.1. The molecule has 0 saturated carbocycles. The first-order chi connectivity index (χ1) is 16.2. The second-order valence-electron chi connectivity index (χ2n) is 7.85. The summed E-state index contributed by atoms with van der Waals surface area (Å²) in [5, 5.41) is 18.2. The minimum absolute atomic E-state index is 0.0395. The molecule has 0 aliphatic carbocycles. The number of nitrogens with two attached hydrogens (primary N) is 1. The van der Waals surface area contributed by atoms with Crippen LogP contribution in [0.5, 0.6) is 0 Å². The van der Waals surface area contributed by atoms with Crippen LogP contribution in [0.4, 0.5) is 17.3 Å². The van der Waals surface area contributed by atoms with E-state index in [4.69, 9.17) is 16.3 Å². The molecule has 0 amide bonds. The van der Waals surface area contributed by atoms with Crippen LogP contribution in [0.1, 0.15) is 17.2 Å². The van der Waals surface area contributed by atoms with Crippen molar-refractivity contribution in [2.45, 2.75) is 6.04 Å². The summed E-state index contributed by atoms with van der Waals surface area (Å²) in [5.41, 5.74) is 9.35. The molecule has 1 aliphatic heterocycles. The molecule has 2 aromatic carbocycles. The lowest BCUT2D eigenvalue weighted by molar-refractivity contribution is 0.212. The van der Waals surface area contributed by atoms with E-state index in [1.54, 1.807) is 4.90 Å². The van der Waals surface area contributed by atoms with Crippen molar-refractivity contribution in [3.05, 3.63) is 78.1 Å². The van der Waals surface area contributed by atoms with E-state index in [-0.39, 0.29) is 19.1 Å². The van der Waals surface area contributed by atoms with E-state index in [9.17, 15) is 0 Å². The quantitative estimate of drug-likeness (QED) is 0.561. The summed E-state index contributed by atoms with van der Waals surface area (Å²) in [6, 6.07) is 25.4. The third-order valence-electron chi connectivity index (χ3n) is 5.87. The van der Waals surface area contributed by atoms with Crippen molar-refractivity contribution < 1.29 is 0 Å². The molecular formula is C25H26N8. The lowest BCUT2D eigenvalue weighted by Gasteiger charge is -2.40. The molecule has 0 unspecified atom stereocenters. The predicted octanol–water partition coefficient (Wildman–Crippen LogP) is 2.82. The van der Waals surface area contributed by atoms with Gasteiger partial charge in [-0.2, -0.15) is 10.5 Å². The van der Waals surface area contributed by atoms with Crippen molar-refractivity contribution in [1.29, 1.82) is 10.5 Å². The largest absolute Gasteiger partial charge is 0.393 e. The van der Waals surface area contributed by atoms with Crippen LogP contribution in [0.25, 0.3) is 0 Å². The molecule has 4 rings (SSSR count). The van der Waals surface area contributed by atoms with E-state index in [0.717, 1.165) is 26.2 Å². The zero-order valence-electron chi connectivity index (χ0n) is 18.4. The third kappa shape index (κ3) is 4.87. The van der Waals surface area contributed by atoms with E-state index in [0.29, 0.717) is 17.3 Å². The topological polar surface area (TPSA) is 109 Å². The zero-order valence-corrected chi connectivity index (χ0v) is 18.4. The van der Waals surface area contributed by atoms with Gasteiger partial charge in [-0.15, -0.1) is 0 Å². The molecule has 2 heterocycles. The summed E-state index contributed by atoms with van der Waals surface area (Å²) >= 11 is 0. The lowest BCUT2D eigenvalue weighted by atomic mass is 9.96. The molecule has 1 saturated heterocycles. The van der Waals surface area contributed by atoms with Crippen LogP contribution < -0.4 is 15.5 Å². The Hall–Kier alpha value is -4.14. The Morgan fingerprint density at radius 3 is 1.91 bits per heavy atom. The molecule has 8 nitrogen and oxygen atoms in total. The summed E-state index contributed by atoms with van der Waals surface area (Å²) in [4.78, 5) is 14.9. The summed E-state index contributed by atoms with van der Waals surface area (Å²) in [7, 11) is 0. The number of anilines is 3. The Balaban J connectivity index is 1.54. The minimum atomic E-state index is 0.0395.